The van der Waals surface area contributed by atoms with E-state index < -0.39 is 14.6 Å². The number of fused-ring (bicyclic) bond motifs is 1. The van der Waals surface area contributed by atoms with Gasteiger partial charge in [-0.25, -0.2) is 8.42 Å². The van der Waals surface area contributed by atoms with E-state index in [1.54, 1.807) is 0 Å². The van der Waals surface area contributed by atoms with Crippen LogP contribution < -0.4 is 0 Å². The van der Waals surface area contributed by atoms with Gasteiger partial charge in [-0.05, 0) is 56.6 Å². The molecule has 0 aliphatic heterocycles. The molecule has 1 aromatic rings. The van der Waals surface area contributed by atoms with Crippen LogP contribution in [-0.4, -0.2) is 18.9 Å². The molecule has 3 rings (SSSR count). The summed E-state index contributed by atoms with van der Waals surface area (Å²) >= 11 is 0. The van der Waals surface area contributed by atoms with Crippen molar-refractivity contribution in [3.63, 3.8) is 0 Å². The van der Waals surface area contributed by atoms with E-state index in [1.807, 2.05) is 39.8 Å². The lowest BCUT2D eigenvalue weighted by Crippen LogP contribution is -2.41. The van der Waals surface area contributed by atoms with Gasteiger partial charge in [-0.1, -0.05) is 24.6 Å². The Morgan fingerprint density at radius 1 is 1.10 bits per heavy atom. The normalized spacial score (nSPS) is 31.9. The van der Waals surface area contributed by atoms with Gasteiger partial charge in [-0.15, -0.1) is 0 Å². The average molecular weight is 306 g/mol. The van der Waals surface area contributed by atoms with Crippen LogP contribution in [0.2, 0.25) is 0 Å². The number of carbonyl (C=O) groups excluding carboxylic acids is 1. The number of ketones is 1. The first-order chi connectivity index (χ1) is 9.66. The number of hydrogen-bond donors (Lipinski definition) is 0. The van der Waals surface area contributed by atoms with E-state index in [2.05, 4.69) is 0 Å². The van der Waals surface area contributed by atoms with Gasteiger partial charge in [0.05, 0.1) is 4.90 Å². The van der Waals surface area contributed by atoms with Crippen LogP contribution in [0.3, 0.4) is 0 Å². The Hall–Kier alpha value is -1.16. The van der Waals surface area contributed by atoms with Gasteiger partial charge in [-0.2, -0.15) is 0 Å². The molecule has 2 fully saturated rings. The topological polar surface area (TPSA) is 51.2 Å². The van der Waals surface area contributed by atoms with Gasteiger partial charge in [-0.3, -0.25) is 4.79 Å². The van der Waals surface area contributed by atoms with Crippen molar-refractivity contribution < 1.29 is 13.2 Å². The van der Waals surface area contributed by atoms with Crippen LogP contribution in [0.15, 0.2) is 17.0 Å². The lowest BCUT2D eigenvalue weighted by molar-refractivity contribution is -0.121. The van der Waals surface area contributed by atoms with E-state index in [0.29, 0.717) is 17.7 Å². The highest BCUT2D eigenvalue weighted by atomic mass is 32.2. The van der Waals surface area contributed by atoms with E-state index >= 15 is 0 Å². The summed E-state index contributed by atoms with van der Waals surface area (Å²) in [4.78, 5) is 12.9. The van der Waals surface area contributed by atoms with Crippen molar-refractivity contribution in [1.29, 1.82) is 0 Å². The molecule has 0 unspecified atom stereocenters. The Kier molecular flexibility index (Phi) is 2.94. The SMILES string of the molecule is Cc1cc(C)c(S(=O)(=O)[C@]23C[C@@]2(C)CCCC3=O)c(C)c1. The summed E-state index contributed by atoms with van der Waals surface area (Å²) in [6, 6.07) is 3.78. The fourth-order valence-electron chi connectivity index (χ4n) is 4.41. The zero-order chi connectivity index (χ0) is 15.6. The molecule has 2 saturated carbocycles. The Labute approximate surface area is 126 Å². The van der Waals surface area contributed by atoms with Gasteiger partial charge < -0.3 is 0 Å². The Morgan fingerprint density at radius 2 is 1.67 bits per heavy atom. The Bertz CT molecular complexity index is 724. The average Bonchev–Trinajstić information content (AvgIpc) is 2.97. The maximum atomic E-state index is 13.3. The third-order valence-electron chi connectivity index (χ3n) is 5.40. The fraction of sp³-hybridized carbons (Fsp3) is 0.588. The molecule has 0 radical (unpaired) electrons. The number of rotatable bonds is 2. The minimum absolute atomic E-state index is 0.0735. The van der Waals surface area contributed by atoms with Crippen molar-refractivity contribution >= 4 is 15.6 Å². The van der Waals surface area contributed by atoms with Crippen LogP contribution in [0.25, 0.3) is 0 Å². The molecule has 0 saturated heterocycles. The second-order valence-electron chi connectivity index (χ2n) is 7.07. The molecule has 3 nitrogen and oxygen atoms in total. The second kappa shape index (κ2) is 4.19. The molecule has 1 aromatic carbocycles. The molecule has 0 bridgehead atoms. The molecular formula is C17H22O3S. The lowest BCUT2D eigenvalue weighted by atomic mass is 9.89. The summed E-state index contributed by atoms with van der Waals surface area (Å²) in [5, 5.41) is 0. The highest BCUT2D eigenvalue weighted by molar-refractivity contribution is 7.94. The molecule has 2 aliphatic rings. The highest BCUT2D eigenvalue weighted by Gasteiger charge is 2.77. The van der Waals surface area contributed by atoms with Crippen LogP contribution in [0.5, 0.6) is 0 Å². The smallest absolute Gasteiger partial charge is 0.192 e. The van der Waals surface area contributed by atoms with Crippen molar-refractivity contribution in [3.05, 3.63) is 28.8 Å². The first kappa shape index (κ1) is 14.8. The third-order valence-corrected chi connectivity index (χ3v) is 8.37. The molecule has 0 N–H and O–H groups in total. The minimum Gasteiger partial charge on any atom is -0.298 e. The van der Waals surface area contributed by atoms with E-state index in [1.165, 1.54) is 0 Å². The van der Waals surface area contributed by atoms with Crippen LogP contribution in [0.4, 0.5) is 0 Å². The van der Waals surface area contributed by atoms with Gasteiger partial charge in [0.15, 0.2) is 15.6 Å². The molecule has 0 spiro atoms. The molecule has 0 heterocycles. The van der Waals surface area contributed by atoms with Crippen LogP contribution >= 0.6 is 0 Å². The van der Waals surface area contributed by atoms with Gasteiger partial charge in [0.2, 0.25) is 0 Å². The van der Waals surface area contributed by atoms with Gasteiger partial charge >= 0.3 is 0 Å². The molecule has 2 aliphatic carbocycles. The number of Topliss-reactive ketones (excluding diaryl/α,β-unsaturated/α-hetero) is 1. The molecule has 114 valence electrons. The van der Waals surface area contributed by atoms with E-state index in [-0.39, 0.29) is 11.2 Å². The van der Waals surface area contributed by atoms with Gasteiger partial charge in [0.25, 0.3) is 0 Å². The van der Waals surface area contributed by atoms with Crippen LogP contribution in [0.1, 0.15) is 49.3 Å². The van der Waals surface area contributed by atoms with E-state index in [9.17, 15) is 13.2 Å². The summed E-state index contributed by atoms with van der Waals surface area (Å²) in [7, 11) is -3.62. The number of aryl methyl sites for hydroxylation is 3. The highest BCUT2D eigenvalue weighted by Crippen LogP contribution is 2.68. The number of carbonyl (C=O) groups is 1. The Balaban J connectivity index is 2.22. The second-order valence-corrected chi connectivity index (χ2v) is 9.18. The largest absolute Gasteiger partial charge is 0.298 e. The number of hydrogen-bond acceptors (Lipinski definition) is 3. The van der Waals surface area contributed by atoms with Crippen molar-refractivity contribution in [3.8, 4) is 0 Å². The summed E-state index contributed by atoms with van der Waals surface area (Å²) in [5.41, 5.74) is 2.21. The first-order valence-electron chi connectivity index (χ1n) is 7.51. The maximum absolute atomic E-state index is 13.3. The standard InChI is InChI=1S/C17H22O3S/c1-11-8-12(2)15(13(3)9-11)21(19,20)17-10-16(17,4)7-5-6-14(17)18/h8-9H,5-7,10H2,1-4H3/t16-,17+/m1/s1. The van der Waals surface area contributed by atoms with Gasteiger partial charge in [0, 0.05) is 6.42 Å². The monoisotopic (exact) mass is 306 g/mol. The fourth-order valence-corrected chi connectivity index (χ4v) is 7.38. The molecule has 21 heavy (non-hydrogen) atoms. The predicted molar refractivity (Wildman–Crippen MR) is 82.2 cm³/mol. The zero-order valence-corrected chi connectivity index (χ0v) is 13.9. The third kappa shape index (κ3) is 1.71. The summed E-state index contributed by atoms with van der Waals surface area (Å²) in [6.45, 7) is 7.58. The molecule has 4 heteroatoms. The Morgan fingerprint density at radius 3 is 2.19 bits per heavy atom. The quantitative estimate of drug-likeness (QED) is 0.842. The van der Waals surface area contributed by atoms with Crippen molar-refractivity contribution in [2.75, 3.05) is 0 Å². The van der Waals surface area contributed by atoms with E-state index in [4.69, 9.17) is 0 Å². The zero-order valence-electron chi connectivity index (χ0n) is 13.1. The van der Waals surface area contributed by atoms with Crippen molar-refractivity contribution in [1.82, 2.24) is 0 Å². The predicted octanol–water partition coefficient (Wildman–Crippen LogP) is 3.29. The lowest BCUT2D eigenvalue weighted by Gasteiger charge is -2.28. The molecule has 0 aromatic heterocycles. The molecule has 0 amide bonds. The van der Waals surface area contributed by atoms with E-state index in [0.717, 1.165) is 29.5 Å². The van der Waals surface area contributed by atoms with Crippen LogP contribution in [0, 0.1) is 26.2 Å². The van der Waals surface area contributed by atoms with Gasteiger partial charge in [0.1, 0.15) is 4.75 Å². The summed E-state index contributed by atoms with van der Waals surface area (Å²) in [6.07, 6.45) is 2.55. The summed E-state index contributed by atoms with van der Waals surface area (Å²) in [5.74, 6) is -0.0735. The maximum Gasteiger partial charge on any atom is 0.192 e. The van der Waals surface area contributed by atoms with Crippen molar-refractivity contribution in [2.45, 2.75) is 63.0 Å². The number of sulfone groups is 1. The molecule has 2 atom stereocenters. The van der Waals surface area contributed by atoms with Crippen LogP contribution in [-0.2, 0) is 14.6 Å². The number of benzene rings is 1. The first-order valence-corrected chi connectivity index (χ1v) is 9.00. The molecular weight excluding hydrogens is 284 g/mol. The summed E-state index contributed by atoms with van der Waals surface area (Å²) < 4.78 is 25.4. The minimum atomic E-state index is -3.62. The van der Waals surface area contributed by atoms with Crippen molar-refractivity contribution in [2.24, 2.45) is 5.41 Å².